The number of nitrogens with one attached hydrogen (secondary N) is 1. The summed E-state index contributed by atoms with van der Waals surface area (Å²) < 4.78 is 5.45. The monoisotopic (exact) mass is 328 g/mol. The Hall–Kier alpha value is -1.26. The molecule has 1 aromatic carbocycles. The largest absolute Gasteiger partial charge is 0.382 e. The van der Waals surface area contributed by atoms with Crippen molar-refractivity contribution in [3.05, 3.63) is 24.3 Å². The number of hydrogen-bond acceptors (Lipinski definition) is 4. The first-order valence-electron chi connectivity index (χ1n) is 9.73. The molecule has 3 fully saturated rings. The highest BCUT2D eigenvalue weighted by Gasteiger charge is 2.26. The van der Waals surface area contributed by atoms with Gasteiger partial charge in [-0.2, -0.15) is 0 Å². The Morgan fingerprint density at radius 3 is 2.50 bits per heavy atom. The third kappa shape index (κ3) is 3.86. The van der Waals surface area contributed by atoms with Crippen LogP contribution in [0.4, 0.5) is 11.4 Å². The fourth-order valence-corrected chi connectivity index (χ4v) is 4.39. The fourth-order valence-electron chi connectivity index (χ4n) is 4.39. The number of nitrogens with zero attached hydrogens (tertiary/aromatic N) is 2. The van der Waals surface area contributed by atoms with Crippen LogP contribution >= 0.6 is 0 Å². The van der Waals surface area contributed by atoms with Crippen LogP contribution in [0.25, 0.3) is 0 Å². The van der Waals surface area contributed by atoms with Gasteiger partial charge in [-0.15, -0.1) is 0 Å². The number of benzene rings is 1. The van der Waals surface area contributed by atoms with Crippen molar-refractivity contribution in [3.63, 3.8) is 0 Å². The molecular formula is C20H30N3O. The van der Waals surface area contributed by atoms with E-state index in [0.29, 0.717) is 6.04 Å². The molecule has 131 valence electrons. The molecule has 24 heavy (non-hydrogen) atoms. The molecule has 4 heteroatoms. The molecule has 0 unspecified atom stereocenters. The van der Waals surface area contributed by atoms with Gasteiger partial charge < -0.3 is 19.9 Å². The molecule has 3 heterocycles. The van der Waals surface area contributed by atoms with E-state index in [9.17, 15) is 0 Å². The molecule has 1 radical (unpaired) electrons. The molecular weight excluding hydrogens is 298 g/mol. The molecule has 0 spiro atoms. The van der Waals surface area contributed by atoms with Crippen molar-refractivity contribution in [2.45, 2.75) is 50.6 Å². The fraction of sp³-hybridized carbons (Fsp3) is 0.700. The first-order valence-corrected chi connectivity index (χ1v) is 9.73. The van der Waals surface area contributed by atoms with Gasteiger partial charge in [-0.25, -0.2) is 0 Å². The Kier molecular flexibility index (Phi) is 5.24. The maximum Gasteiger partial charge on any atom is 0.0485 e. The lowest BCUT2D eigenvalue weighted by Crippen LogP contribution is -2.43. The third-order valence-corrected chi connectivity index (χ3v) is 5.85. The van der Waals surface area contributed by atoms with Gasteiger partial charge >= 0.3 is 0 Å². The normalized spacial score (nSPS) is 24.4. The van der Waals surface area contributed by atoms with E-state index in [1.54, 1.807) is 0 Å². The van der Waals surface area contributed by atoms with Crippen LogP contribution in [-0.4, -0.2) is 56.4 Å². The molecule has 0 saturated carbocycles. The Labute approximate surface area is 146 Å². The quantitative estimate of drug-likeness (QED) is 0.919. The lowest BCUT2D eigenvalue weighted by molar-refractivity contribution is 0.0904. The number of piperidine rings is 1. The highest BCUT2D eigenvalue weighted by molar-refractivity contribution is 5.58. The predicted octanol–water partition coefficient (Wildman–Crippen LogP) is 3.14. The summed E-state index contributed by atoms with van der Waals surface area (Å²) in [5.41, 5.74) is 2.49. The Morgan fingerprint density at radius 2 is 1.75 bits per heavy atom. The van der Waals surface area contributed by atoms with Crippen molar-refractivity contribution >= 4 is 11.4 Å². The van der Waals surface area contributed by atoms with Crippen LogP contribution < -0.4 is 10.2 Å². The zero-order valence-corrected chi connectivity index (χ0v) is 14.7. The van der Waals surface area contributed by atoms with Crippen LogP contribution in [0, 0.1) is 6.07 Å². The van der Waals surface area contributed by atoms with E-state index in [1.807, 2.05) is 0 Å². The van der Waals surface area contributed by atoms with Gasteiger partial charge in [-0.3, -0.25) is 0 Å². The summed E-state index contributed by atoms with van der Waals surface area (Å²) in [4.78, 5) is 5.27. The van der Waals surface area contributed by atoms with Crippen molar-refractivity contribution in [3.8, 4) is 0 Å². The summed E-state index contributed by atoms with van der Waals surface area (Å²) in [5.74, 6) is 0. The van der Waals surface area contributed by atoms with E-state index in [2.05, 4.69) is 39.4 Å². The highest BCUT2D eigenvalue weighted by atomic mass is 16.5. The van der Waals surface area contributed by atoms with Gasteiger partial charge in [-0.05, 0) is 63.7 Å². The summed E-state index contributed by atoms with van der Waals surface area (Å²) in [6.45, 7) is 6.76. The number of likely N-dealkylation sites (tertiary alicyclic amines) is 1. The standard InChI is InChI=1S/C20H30N3O/c1-2-11-22(10-1)19-6-12-23(13-7-19)20-5-3-4-18(16-20)21-17-8-14-24-15-9-17/h3,5,16-17,19,21H,1-2,6-15H2. The van der Waals surface area contributed by atoms with E-state index in [0.717, 1.165) is 37.8 Å². The van der Waals surface area contributed by atoms with E-state index >= 15 is 0 Å². The highest BCUT2D eigenvalue weighted by Crippen LogP contribution is 2.27. The topological polar surface area (TPSA) is 27.7 Å². The number of hydrogen-bond donors (Lipinski definition) is 1. The third-order valence-electron chi connectivity index (χ3n) is 5.85. The molecule has 0 aromatic heterocycles. The zero-order chi connectivity index (χ0) is 16.2. The molecule has 1 N–H and O–H groups in total. The Bertz CT molecular complexity index is 515. The first-order chi connectivity index (χ1) is 11.9. The van der Waals surface area contributed by atoms with E-state index in [-0.39, 0.29) is 0 Å². The van der Waals surface area contributed by atoms with Crippen molar-refractivity contribution in [2.24, 2.45) is 0 Å². The number of rotatable bonds is 4. The van der Waals surface area contributed by atoms with Crippen molar-refractivity contribution in [1.29, 1.82) is 0 Å². The number of ether oxygens (including phenoxy) is 1. The second-order valence-corrected chi connectivity index (χ2v) is 7.45. The van der Waals surface area contributed by atoms with Gasteiger partial charge in [0.25, 0.3) is 0 Å². The van der Waals surface area contributed by atoms with Gasteiger partial charge in [0.1, 0.15) is 0 Å². The molecule has 4 rings (SSSR count). The van der Waals surface area contributed by atoms with Gasteiger partial charge in [0.2, 0.25) is 0 Å². The average Bonchev–Trinajstić information content (AvgIpc) is 3.18. The molecule has 0 aliphatic carbocycles. The maximum atomic E-state index is 5.45. The van der Waals surface area contributed by atoms with Crippen LogP contribution in [0.5, 0.6) is 0 Å². The summed E-state index contributed by atoms with van der Waals surface area (Å²) in [6.07, 6.45) is 7.60. The minimum absolute atomic E-state index is 0.533. The molecule has 0 atom stereocenters. The lowest BCUT2D eigenvalue weighted by atomic mass is 10.0. The second kappa shape index (κ2) is 7.75. The molecule has 3 aliphatic heterocycles. The first kappa shape index (κ1) is 16.2. The van der Waals surface area contributed by atoms with E-state index in [4.69, 9.17) is 4.74 Å². The summed E-state index contributed by atoms with van der Waals surface area (Å²) in [7, 11) is 0. The second-order valence-electron chi connectivity index (χ2n) is 7.45. The number of anilines is 2. The summed E-state index contributed by atoms with van der Waals surface area (Å²) in [6, 6.07) is 11.3. The van der Waals surface area contributed by atoms with Crippen molar-refractivity contribution < 1.29 is 4.74 Å². The SMILES string of the molecule is [c]1ccc(N2CCC(N3CCCC3)CC2)cc1NC1CCOCC1. The van der Waals surface area contributed by atoms with E-state index < -0.39 is 0 Å². The molecule has 4 nitrogen and oxygen atoms in total. The summed E-state index contributed by atoms with van der Waals surface area (Å²) >= 11 is 0. The summed E-state index contributed by atoms with van der Waals surface area (Å²) in [5, 5.41) is 3.64. The van der Waals surface area contributed by atoms with Crippen LogP contribution in [0.2, 0.25) is 0 Å². The van der Waals surface area contributed by atoms with Gasteiger partial charge in [0, 0.05) is 55.8 Å². The van der Waals surface area contributed by atoms with Crippen LogP contribution in [-0.2, 0) is 4.74 Å². The molecule has 1 aromatic rings. The van der Waals surface area contributed by atoms with Gasteiger partial charge in [-0.1, -0.05) is 6.07 Å². The minimum Gasteiger partial charge on any atom is -0.382 e. The van der Waals surface area contributed by atoms with Crippen molar-refractivity contribution in [1.82, 2.24) is 4.90 Å². The molecule has 0 bridgehead atoms. The van der Waals surface area contributed by atoms with Crippen LogP contribution in [0.15, 0.2) is 18.2 Å². The Balaban J connectivity index is 1.33. The molecule has 3 saturated heterocycles. The maximum absolute atomic E-state index is 5.45. The average molecular weight is 328 g/mol. The lowest BCUT2D eigenvalue weighted by Gasteiger charge is -2.38. The van der Waals surface area contributed by atoms with Gasteiger partial charge in [0.15, 0.2) is 0 Å². The molecule has 3 aliphatic rings. The Morgan fingerprint density at radius 1 is 1.00 bits per heavy atom. The predicted molar refractivity (Wildman–Crippen MR) is 98.8 cm³/mol. The molecule has 0 amide bonds. The zero-order valence-electron chi connectivity index (χ0n) is 14.7. The van der Waals surface area contributed by atoms with E-state index in [1.165, 1.54) is 57.5 Å². The van der Waals surface area contributed by atoms with Crippen LogP contribution in [0.3, 0.4) is 0 Å². The van der Waals surface area contributed by atoms with Gasteiger partial charge in [0.05, 0.1) is 0 Å². The van der Waals surface area contributed by atoms with Crippen LogP contribution in [0.1, 0.15) is 38.5 Å². The van der Waals surface area contributed by atoms with Crippen molar-refractivity contribution in [2.75, 3.05) is 49.6 Å². The smallest absolute Gasteiger partial charge is 0.0485 e. The minimum atomic E-state index is 0.533.